The van der Waals surface area contributed by atoms with Crippen LogP contribution in [0, 0.1) is 0 Å². The van der Waals surface area contributed by atoms with Gasteiger partial charge in [-0.15, -0.1) is 0 Å². The number of nitrogens with zero attached hydrogens (tertiary/aromatic N) is 3. The second-order valence-electron chi connectivity index (χ2n) is 10.7. The Morgan fingerprint density at radius 3 is 2.49 bits per heavy atom. The number of fused-ring (bicyclic) bond motifs is 1. The predicted octanol–water partition coefficient (Wildman–Crippen LogP) is 7.74. The zero-order valence-electron chi connectivity index (χ0n) is 22.2. The van der Waals surface area contributed by atoms with Crippen LogP contribution >= 0.6 is 11.6 Å². The van der Waals surface area contributed by atoms with Gasteiger partial charge in [-0.05, 0) is 90.6 Å². The van der Waals surface area contributed by atoms with Crippen molar-refractivity contribution in [2.24, 2.45) is 0 Å². The molecular formula is C33H32ClN3O2. The molecule has 1 aromatic heterocycles. The van der Waals surface area contributed by atoms with Gasteiger partial charge in [-0.3, -0.25) is 4.68 Å². The molecule has 0 amide bonds. The molecule has 198 valence electrons. The highest BCUT2D eigenvalue weighted by atomic mass is 35.5. The van der Waals surface area contributed by atoms with Crippen LogP contribution in [-0.2, 0) is 17.8 Å². The van der Waals surface area contributed by atoms with Gasteiger partial charge in [0, 0.05) is 30.4 Å². The number of hydrogen-bond donors (Lipinski definition) is 1. The summed E-state index contributed by atoms with van der Waals surface area (Å²) >= 11 is 6.98. The second kappa shape index (κ2) is 10.4. The van der Waals surface area contributed by atoms with Crippen molar-refractivity contribution in [1.82, 2.24) is 9.78 Å². The molecule has 4 aromatic rings. The number of benzene rings is 3. The first-order valence-electron chi connectivity index (χ1n) is 13.7. The van der Waals surface area contributed by atoms with Gasteiger partial charge in [0.1, 0.15) is 0 Å². The fourth-order valence-corrected chi connectivity index (χ4v) is 6.10. The van der Waals surface area contributed by atoms with Crippen molar-refractivity contribution in [1.29, 1.82) is 0 Å². The molecule has 1 aliphatic carbocycles. The van der Waals surface area contributed by atoms with Crippen LogP contribution < -0.4 is 4.90 Å². The Morgan fingerprint density at radius 2 is 1.82 bits per heavy atom. The van der Waals surface area contributed by atoms with Gasteiger partial charge in [-0.2, -0.15) is 5.10 Å². The van der Waals surface area contributed by atoms with E-state index in [1.807, 2.05) is 23.0 Å². The number of carboxylic acid groups (broad SMARTS) is 1. The summed E-state index contributed by atoms with van der Waals surface area (Å²) in [5.74, 6) is -0.307. The molecule has 6 heteroatoms. The van der Waals surface area contributed by atoms with E-state index in [-0.39, 0.29) is 12.1 Å². The number of rotatable bonds is 7. The summed E-state index contributed by atoms with van der Waals surface area (Å²) in [5.41, 5.74) is 9.26. The van der Waals surface area contributed by atoms with E-state index in [1.165, 1.54) is 41.2 Å². The lowest BCUT2D eigenvalue weighted by Crippen LogP contribution is -2.43. The first kappa shape index (κ1) is 25.4. The molecule has 3 aromatic carbocycles. The van der Waals surface area contributed by atoms with Gasteiger partial charge in [0.15, 0.2) is 0 Å². The van der Waals surface area contributed by atoms with Crippen molar-refractivity contribution in [3.8, 4) is 11.1 Å². The van der Waals surface area contributed by atoms with Crippen molar-refractivity contribution in [3.05, 3.63) is 112 Å². The molecule has 39 heavy (non-hydrogen) atoms. The zero-order chi connectivity index (χ0) is 27.1. The normalized spacial score (nSPS) is 18.9. The molecule has 1 saturated carbocycles. The molecule has 2 heterocycles. The summed E-state index contributed by atoms with van der Waals surface area (Å²) in [5, 5.41) is 14.3. The van der Waals surface area contributed by atoms with Gasteiger partial charge in [-0.25, -0.2) is 4.79 Å². The largest absolute Gasteiger partial charge is 0.478 e. The van der Waals surface area contributed by atoms with Crippen molar-refractivity contribution < 1.29 is 9.90 Å². The molecule has 2 atom stereocenters. The van der Waals surface area contributed by atoms with Crippen molar-refractivity contribution in [2.75, 3.05) is 4.90 Å². The van der Waals surface area contributed by atoms with E-state index in [1.54, 1.807) is 6.08 Å². The molecule has 1 fully saturated rings. The third kappa shape index (κ3) is 5.11. The Kier molecular flexibility index (Phi) is 6.78. The van der Waals surface area contributed by atoms with E-state index >= 15 is 0 Å². The molecule has 0 spiro atoms. The van der Waals surface area contributed by atoms with E-state index in [4.69, 9.17) is 16.7 Å². The number of carboxylic acids is 1. The van der Waals surface area contributed by atoms with Crippen LogP contribution in [0.3, 0.4) is 0 Å². The average Bonchev–Trinajstić information content (AvgIpc) is 3.68. The number of hydrogen-bond acceptors (Lipinski definition) is 3. The number of carbonyl (C=O) groups is 1. The Morgan fingerprint density at radius 1 is 1.05 bits per heavy atom. The molecule has 0 saturated heterocycles. The molecule has 2 aliphatic rings. The maximum Gasteiger partial charge on any atom is 0.328 e. The molecular weight excluding hydrogens is 506 g/mol. The Bertz CT molecular complexity index is 1550. The predicted molar refractivity (Wildman–Crippen MR) is 157 cm³/mol. The number of anilines is 1. The molecule has 1 N–H and O–H groups in total. The number of halogens is 1. The topological polar surface area (TPSA) is 58.4 Å². The highest BCUT2D eigenvalue weighted by molar-refractivity contribution is 6.33. The lowest BCUT2D eigenvalue weighted by atomic mass is 9.83. The Labute approximate surface area is 234 Å². The lowest BCUT2D eigenvalue weighted by Gasteiger charge is -2.44. The van der Waals surface area contributed by atoms with Gasteiger partial charge in [0.2, 0.25) is 0 Å². The number of aryl methyl sites for hydroxylation is 1. The minimum absolute atomic E-state index is 0.0297. The fraction of sp³-hybridized carbons (Fsp3) is 0.273. The van der Waals surface area contributed by atoms with Crippen LogP contribution in [0.25, 0.3) is 17.2 Å². The van der Waals surface area contributed by atoms with E-state index in [0.29, 0.717) is 5.92 Å². The summed E-state index contributed by atoms with van der Waals surface area (Å²) in [6, 6.07) is 21.7. The third-order valence-electron chi connectivity index (χ3n) is 7.97. The van der Waals surface area contributed by atoms with E-state index in [9.17, 15) is 4.79 Å². The second-order valence-corrected chi connectivity index (χ2v) is 11.1. The first-order chi connectivity index (χ1) is 18.9. The van der Waals surface area contributed by atoms with Gasteiger partial charge < -0.3 is 10.0 Å². The molecule has 1 aliphatic heterocycles. The molecule has 5 nitrogen and oxygen atoms in total. The van der Waals surface area contributed by atoms with Crippen LogP contribution in [0.5, 0.6) is 0 Å². The van der Waals surface area contributed by atoms with Crippen LogP contribution in [0.4, 0.5) is 5.69 Å². The van der Waals surface area contributed by atoms with Gasteiger partial charge in [-0.1, -0.05) is 60.1 Å². The molecule has 6 rings (SSSR count). The maximum absolute atomic E-state index is 11.0. The molecule has 2 unspecified atom stereocenters. The minimum atomic E-state index is -0.954. The van der Waals surface area contributed by atoms with Crippen LogP contribution in [0.1, 0.15) is 66.5 Å². The summed E-state index contributed by atoms with van der Waals surface area (Å²) < 4.78 is 1.95. The van der Waals surface area contributed by atoms with Crippen LogP contribution in [0.15, 0.2) is 79.1 Å². The van der Waals surface area contributed by atoms with Crippen LogP contribution in [0.2, 0.25) is 5.02 Å². The Balaban J connectivity index is 1.44. The highest BCUT2D eigenvalue weighted by Gasteiger charge is 2.35. The standard InChI is InChI=1S/C33H32ClN3O2/c1-3-36-20-28(19-35-36)25-11-13-29-27(17-25)16-21(2)37(31-14-12-26(18-30(31)34)23-9-10-23)33(29)24-7-4-22(5-8-24)6-15-32(38)39/h4-8,11-15,17-21,23,33H,3,9-10,16H2,1-2H3,(H,38,39)/b15-6+. The van der Waals surface area contributed by atoms with Crippen LogP contribution in [-0.4, -0.2) is 26.9 Å². The van der Waals surface area contributed by atoms with Gasteiger partial charge in [0.25, 0.3) is 0 Å². The quantitative estimate of drug-likeness (QED) is 0.245. The average molecular weight is 538 g/mol. The third-order valence-corrected chi connectivity index (χ3v) is 8.27. The first-order valence-corrected chi connectivity index (χ1v) is 14.0. The van der Waals surface area contributed by atoms with E-state index in [2.05, 4.69) is 78.6 Å². The molecule has 0 radical (unpaired) electrons. The fourth-order valence-electron chi connectivity index (χ4n) is 5.81. The van der Waals surface area contributed by atoms with Crippen molar-refractivity contribution in [2.45, 2.75) is 57.7 Å². The zero-order valence-corrected chi connectivity index (χ0v) is 23.0. The highest BCUT2D eigenvalue weighted by Crippen LogP contribution is 2.47. The van der Waals surface area contributed by atoms with Crippen molar-refractivity contribution >= 4 is 29.3 Å². The SMILES string of the molecule is CCn1cc(-c2ccc3c(c2)CC(C)N(c2ccc(C4CC4)cc2Cl)C3c2ccc(/C=C/C(=O)O)cc2)cn1. The van der Waals surface area contributed by atoms with Gasteiger partial charge in [0.05, 0.1) is 22.9 Å². The summed E-state index contributed by atoms with van der Waals surface area (Å²) in [6.07, 6.45) is 10.2. The van der Waals surface area contributed by atoms with Gasteiger partial charge >= 0.3 is 5.97 Å². The Hall–Kier alpha value is -3.83. The number of aliphatic carboxylic acids is 1. The monoisotopic (exact) mass is 537 g/mol. The minimum Gasteiger partial charge on any atom is -0.478 e. The van der Waals surface area contributed by atoms with E-state index in [0.717, 1.165) is 40.4 Å². The lowest BCUT2D eigenvalue weighted by molar-refractivity contribution is -0.131. The summed E-state index contributed by atoms with van der Waals surface area (Å²) in [4.78, 5) is 13.5. The smallest absolute Gasteiger partial charge is 0.328 e. The van der Waals surface area contributed by atoms with Crippen molar-refractivity contribution in [3.63, 3.8) is 0 Å². The summed E-state index contributed by atoms with van der Waals surface area (Å²) in [7, 11) is 0. The summed E-state index contributed by atoms with van der Waals surface area (Å²) in [6.45, 7) is 5.21. The van der Waals surface area contributed by atoms with E-state index < -0.39 is 5.97 Å². The maximum atomic E-state index is 11.0. The number of aromatic nitrogens is 2. The molecule has 0 bridgehead atoms.